The smallest absolute Gasteiger partial charge is 0.226 e. The third-order valence-electron chi connectivity index (χ3n) is 4.79. The van der Waals surface area contributed by atoms with Crippen LogP contribution in [0.15, 0.2) is 4.52 Å². The third kappa shape index (κ3) is 3.81. The first-order chi connectivity index (χ1) is 9.92. The summed E-state index contributed by atoms with van der Waals surface area (Å²) < 4.78 is 5.50. The summed E-state index contributed by atoms with van der Waals surface area (Å²) in [6, 6.07) is 0.309. The van der Waals surface area contributed by atoms with Crippen molar-refractivity contribution in [3.63, 3.8) is 0 Å². The van der Waals surface area contributed by atoms with Crippen LogP contribution < -0.4 is 5.32 Å². The van der Waals surface area contributed by atoms with Crippen LogP contribution in [0.1, 0.15) is 82.0 Å². The lowest BCUT2D eigenvalue weighted by atomic mass is 9.97. The highest BCUT2D eigenvalue weighted by Crippen LogP contribution is 2.26. The Hall–Kier alpha value is -0.900. The van der Waals surface area contributed by atoms with E-state index in [1.807, 2.05) is 0 Å². The molecule has 0 aromatic carbocycles. The quantitative estimate of drug-likeness (QED) is 0.854. The van der Waals surface area contributed by atoms with Gasteiger partial charge in [-0.2, -0.15) is 4.98 Å². The molecule has 0 bridgehead atoms. The van der Waals surface area contributed by atoms with Gasteiger partial charge in [0, 0.05) is 6.42 Å². The van der Waals surface area contributed by atoms with Crippen molar-refractivity contribution >= 4 is 0 Å². The maximum Gasteiger partial charge on any atom is 0.226 e. The van der Waals surface area contributed by atoms with Crippen LogP contribution in [0.2, 0.25) is 0 Å². The van der Waals surface area contributed by atoms with Crippen molar-refractivity contribution < 1.29 is 4.52 Å². The number of hydrogen-bond acceptors (Lipinski definition) is 4. The van der Waals surface area contributed by atoms with Crippen molar-refractivity contribution in [3.8, 4) is 0 Å². The van der Waals surface area contributed by atoms with Gasteiger partial charge >= 0.3 is 0 Å². The van der Waals surface area contributed by atoms with Crippen LogP contribution in [-0.4, -0.2) is 16.7 Å². The molecule has 1 saturated heterocycles. The molecular formula is C16H27N3O. The van der Waals surface area contributed by atoms with Crippen LogP contribution in [0.3, 0.4) is 0 Å². The minimum absolute atomic E-state index is 0.309. The predicted molar refractivity (Wildman–Crippen MR) is 78.4 cm³/mol. The van der Waals surface area contributed by atoms with E-state index in [0.29, 0.717) is 6.04 Å². The second-order valence-electron chi connectivity index (χ2n) is 6.46. The second kappa shape index (κ2) is 7.21. The molecule has 1 saturated carbocycles. The highest BCUT2D eigenvalue weighted by Gasteiger charge is 2.21. The first-order valence-corrected chi connectivity index (χ1v) is 8.47. The molecule has 0 spiro atoms. The van der Waals surface area contributed by atoms with E-state index in [4.69, 9.17) is 4.52 Å². The number of aromatic nitrogens is 2. The molecule has 2 fully saturated rings. The Labute approximate surface area is 121 Å². The van der Waals surface area contributed by atoms with Crippen molar-refractivity contribution in [2.24, 2.45) is 5.92 Å². The normalized spacial score (nSPS) is 26.1. The van der Waals surface area contributed by atoms with Gasteiger partial charge in [-0.05, 0) is 38.1 Å². The molecule has 1 aliphatic carbocycles. The first kappa shape index (κ1) is 14.1. The number of rotatable bonds is 3. The molecule has 3 rings (SSSR count). The average molecular weight is 277 g/mol. The van der Waals surface area contributed by atoms with Gasteiger partial charge in [0.25, 0.3) is 0 Å². The van der Waals surface area contributed by atoms with Crippen LogP contribution in [0.4, 0.5) is 0 Å². The highest BCUT2D eigenvalue weighted by molar-refractivity contribution is 4.96. The molecule has 2 heterocycles. The highest BCUT2D eigenvalue weighted by atomic mass is 16.5. The van der Waals surface area contributed by atoms with E-state index in [-0.39, 0.29) is 0 Å². The number of nitrogens with zero attached hydrogens (tertiary/aromatic N) is 2. The molecule has 4 nitrogen and oxygen atoms in total. The Morgan fingerprint density at radius 1 is 0.950 bits per heavy atom. The van der Waals surface area contributed by atoms with E-state index in [9.17, 15) is 0 Å². The zero-order valence-corrected chi connectivity index (χ0v) is 12.4. The maximum atomic E-state index is 5.50. The Morgan fingerprint density at radius 3 is 2.55 bits per heavy atom. The van der Waals surface area contributed by atoms with Crippen molar-refractivity contribution in [1.29, 1.82) is 0 Å². The molecule has 20 heavy (non-hydrogen) atoms. The summed E-state index contributed by atoms with van der Waals surface area (Å²) in [5.41, 5.74) is 0. The van der Waals surface area contributed by atoms with E-state index < -0.39 is 0 Å². The number of hydrogen-bond donors (Lipinski definition) is 1. The maximum absolute atomic E-state index is 5.50. The molecule has 0 amide bonds. The lowest BCUT2D eigenvalue weighted by Gasteiger charge is -2.11. The minimum Gasteiger partial charge on any atom is -0.339 e. The van der Waals surface area contributed by atoms with Gasteiger partial charge in [-0.15, -0.1) is 0 Å². The van der Waals surface area contributed by atoms with E-state index in [0.717, 1.165) is 37.0 Å². The van der Waals surface area contributed by atoms with Gasteiger partial charge in [0.1, 0.15) is 0 Å². The molecule has 1 unspecified atom stereocenters. The van der Waals surface area contributed by atoms with E-state index >= 15 is 0 Å². The monoisotopic (exact) mass is 277 g/mol. The average Bonchev–Trinajstić information content (AvgIpc) is 2.70. The largest absolute Gasteiger partial charge is 0.339 e. The van der Waals surface area contributed by atoms with Gasteiger partial charge in [0.15, 0.2) is 5.82 Å². The molecule has 2 aliphatic rings. The molecule has 1 aromatic heterocycles. The minimum atomic E-state index is 0.309. The van der Waals surface area contributed by atoms with Gasteiger partial charge in [-0.25, -0.2) is 0 Å². The van der Waals surface area contributed by atoms with Crippen LogP contribution >= 0.6 is 0 Å². The standard InChI is InChI=1S/C16H27N3O/c1-2-5-9-13(8-4-1)12-15-18-16(19-20-15)14-10-6-3-7-11-17-14/h13-14,17H,1-12H2. The van der Waals surface area contributed by atoms with Crippen LogP contribution in [-0.2, 0) is 6.42 Å². The lowest BCUT2D eigenvalue weighted by molar-refractivity contribution is 0.332. The van der Waals surface area contributed by atoms with Gasteiger partial charge in [-0.1, -0.05) is 43.7 Å². The Kier molecular flexibility index (Phi) is 5.06. The molecule has 1 aromatic rings. The van der Waals surface area contributed by atoms with Gasteiger partial charge in [-0.3, -0.25) is 0 Å². The van der Waals surface area contributed by atoms with Crippen molar-refractivity contribution in [3.05, 3.63) is 11.7 Å². The fourth-order valence-electron chi connectivity index (χ4n) is 3.56. The predicted octanol–water partition coefficient (Wildman–Crippen LogP) is 3.79. The molecule has 1 atom stereocenters. The Morgan fingerprint density at radius 2 is 1.70 bits per heavy atom. The first-order valence-electron chi connectivity index (χ1n) is 8.47. The third-order valence-corrected chi connectivity index (χ3v) is 4.79. The molecule has 1 N–H and O–H groups in total. The topological polar surface area (TPSA) is 51.0 Å². The van der Waals surface area contributed by atoms with Crippen molar-refractivity contribution in [1.82, 2.24) is 15.5 Å². The summed E-state index contributed by atoms with van der Waals surface area (Å²) in [7, 11) is 0. The second-order valence-corrected chi connectivity index (χ2v) is 6.46. The van der Waals surface area contributed by atoms with E-state index in [1.54, 1.807) is 0 Å². The molecule has 0 radical (unpaired) electrons. The van der Waals surface area contributed by atoms with Crippen molar-refractivity contribution in [2.45, 2.75) is 76.7 Å². The Balaban J connectivity index is 1.57. The summed E-state index contributed by atoms with van der Waals surface area (Å²) in [6.07, 6.45) is 14.2. The van der Waals surface area contributed by atoms with Gasteiger partial charge < -0.3 is 9.84 Å². The molecule has 4 heteroatoms. The van der Waals surface area contributed by atoms with E-state index in [2.05, 4.69) is 15.5 Å². The van der Waals surface area contributed by atoms with Gasteiger partial charge in [0.2, 0.25) is 5.89 Å². The summed E-state index contributed by atoms with van der Waals surface area (Å²) in [6.45, 7) is 1.08. The van der Waals surface area contributed by atoms with Crippen LogP contribution in [0, 0.1) is 5.92 Å². The lowest BCUT2D eigenvalue weighted by Crippen LogP contribution is -2.21. The fraction of sp³-hybridized carbons (Fsp3) is 0.875. The van der Waals surface area contributed by atoms with Crippen molar-refractivity contribution in [2.75, 3.05) is 6.54 Å². The summed E-state index contributed by atoms with van der Waals surface area (Å²) in [5, 5.41) is 7.76. The van der Waals surface area contributed by atoms with Gasteiger partial charge in [0.05, 0.1) is 6.04 Å². The molecule has 112 valence electrons. The molecular weight excluding hydrogens is 250 g/mol. The Bertz CT molecular complexity index is 388. The SMILES string of the molecule is C1CCCC(Cc2nc(C3CCCCCN3)no2)CC1. The summed E-state index contributed by atoms with van der Waals surface area (Å²) in [4.78, 5) is 4.66. The fourth-order valence-corrected chi connectivity index (χ4v) is 3.56. The van der Waals surface area contributed by atoms with Crippen LogP contribution in [0.5, 0.6) is 0 Å². The zero-order chi connectivity index (χ0) is 13.6. The van der Waals surface area contributed by atoms with Crippen LogP contribution in [0.25, 0.3) is 0 Å². The molecule has 1 aliphatic heterocycles. The summed E-state index contributed by atoms with van der Waals surface area (Å²) >= 11 is 0. The van der Waals surface area contributed by atoms with E-state index in [1.165, 1.54) is 57.8 Å². The summed E-state index contributed by atoms with van der Waals surface area (Å²) in [5.74, 6) is 2.50. The zero-order valence-electron chi connectivity index (χ0n) is 12.4. The number of nitrogens with one attached hydrogen (secondary N) is 1.